The minimum atomic E-state index is 0.331. The topological polar surface area (TPSA) is 23.8 Å². The van der Waals surface area contributed by atoms with Crippen molar-refractivity contribution in [2.75, 3.05) is 0 Å². The summed E-state index contributed by atoms with van der Waals surface area (Å²) in [6, 6.07) is 2.51. The van der Waals surface area contributed by atoms with Gasteiger partial charge in [0.2, 0.25) is 0 Å². The Labute approximate surface area is 121 Å². The van der Waals surface area contributed by atoms with E-state index in [4.69, 9.17) is 5.26 Å². The van der Waals surface area contributed by atoms with Crippen molar-refractivity contribution in [3.63, 3.8) is 0 Å². The van der Waals surface area contributed by atoms with Crippen molar-refractivity contribution >= 4 is 0 Å². The number of unbranched alkanes of at least 4 members (excludes halogenated alkanes) is 10. The molecule has 0 saturated carbocycles. The Balaban J connectivity index is 3.33. The Morgan fingerprint density at radius 2 is 1.00 bits per heavy atom. The minimum absolute atomic E-state index is 0.331. The number of rotatable bonds is 14. The Bertz CT molecular complexity index is 188. The van der Waals surface area contributed by atoms with E-state index >= 15 is 0 Å². The summed E-state index contributed by atoms with van der Waals surface area (Å²) in [7, 11) is 0. The van der Waals surface area contributed by atoms with Crippen LogP contribution in [0.15, 0.2) is 0 Å². The molecule has 112 valence electrons. The lowest BCUT2D eigenvalue weighted by molar-refractivity contribution is 0.472. The number of hydrogen-bond acceptors (Lipinski definition) is 1. The third-order valence-electron chi connectivity index (χ3n) is 3.99. The van der Waals surface area contributed by atoms with Gasteiger partial charge >= 0.3 is 0 Å². The normalized spacial score (nSPS) is 10.8. The van der Waals surface area contributed by atoms with Gasteiger partial charge in [0.1, 0.15) is 0 Å². The van der Waals surface area contributed by atoms with Crippen LogP contribution in [0.5, 0.6) is 0 Å². The second kappa shape index (κ2) is 15.5. The monoisotopic (exact) mass is 265 g/mol. The van der Waals surface area contributed by atoms with Crippen molar-refractivity contribution in [2.45, 2.75) is 104 Å². The van der Waals surface area contributed by atoms with Gasteiger partial charge in [0.15, 0.2) is 0 Å². The van der Waals surface area contributed by atoms with Gasteiger partial charge in [0.25, 0.3) is 0 Å². The summed E-state index contributed by atoms with van der Waals surface area (Å²) in [4.78, 5) is 0. The number of hydrogen-bond donors (Lipinski definition) is 0. The van der Waals surface area contributed by atoms with Crippen molar-refractivity contribution in [3.8, 4) is 6.07 Å². The summed E-state index contributed by atoms with van der Waals surface area (Å²) in [5, 5.41) is 9.16. The summed E-state index contributed by atoms with van der Waals surface area (Å²) in [6.45, 7) is 4.51. The van der Waals surface area contributed by atoms with Crippen LogP contribution < -0.4 is 0 Å². The standard InChI is InChI=1S/C18H35N/c1-3-5-7-9-11-13-15-18(17-19)16-14-12-10-8-6-4-2/h18H,3-16H2,1-2H3. The van der Waals surface area contributed by atoms with Crippen molar-refractivity contribution in [3.05, 3.63) is 0 Å². The fraction of sp³-hybridized carbons (Fsp3) is 0.944. The highest BCUT2D eigenvalue weighted by atomic mass is 14.3. The Kier molecular flexibility index (Phi) is 15.1. The molecule has 0 aromatic rings. The Morgan fingerprint density at radius 3 is 1.37 bits per heavy atom. The molecule has 0 aliphatic rings. The van der Waals surface area contributed by atoms with Gasteiger partial charge in [0.05, 0.1) is 6.07 Å². The largest absolute Gasteiger partial charge is 0.198 e. The van der Waals surface area contributed by atoms with Crippen LogP contribution in [0.1, 0.15) is 104 Å². The summed E-state index contributed by atoms with van der Waals surface area (Å²) in [5.41, 5.74) is 0. The van der Waals surface area contributed by atoms with Gasteiger partial charge in [-0.3, -0.25) is 0 Å². The minimum Gasteiger partial charge on any atom is -0.198 e. The molecule has 0 aliphatic carbocycles. The molecule has 19 heavy (non-hydrogen) atoms. The molecule has 0 heterocycles. The zero-order valence-corrected chi connectivity index (χ0v) is 13.4. The third-order valence-corrected chi connectivity index (χ3v) is 3.99. The molecule has 0 bridgehead atoms. The van der Waals surface area contributed by atoms with Gasteiger partial charge in [-0.25, -0.2) is 0 Å². The van der Waals surface area contributed by atoms with E-state index in [1.54, 1.807) is 0 Å². The zero-order valence-electron chi connectivity index (χ0n) is 13.4. The smallest absolute Gasteiger partial charge is 0.0655 e. The zero-order chi connectivity index (χ0) is 14.2. The molecule has 0 amide bonds. The maximum Gasteiger partial charge on any atom is 0.0655 e. The maximum atomic E-state index is 9.16. The molecule has 0 radical (unpaired) electrons. The van der Waals surface area contributed by atoms with E-state index in [9.17, 15) is 0 Å². The Hall–Kier alpha value is -0.510. The van der Waals surface area contributed by atoms with Crippen LogP contribution in [0.25, 0.3) is 0 Å². The van der Waals surface area contributed by atoms with Crippen molar-refractivity contribution in [1.29, 1.82) is 5.26 Å². The van der Waals surface area contributed by atoms with Crippen molar-refractivity contribution in [2.24, 2.45) is 5.92 Å². The van der Waals surface area contributed by atoms with Crippen LogP contribution in [0.3, 0.4) is 0 Å². The molecule has 0 aliphatic heterocycles. The van der Waals surface area contributed by atoms with E-state index in [1.807, 2.05) is 0 Å². The average Bonchev–Trinajstić information content (AvgIpc) is 2.44. The molecule has 0 aromatic heterocycles. The summed E-state index contributed by atoms with van der Waals surface area (Å²) < 4.78 is 0. The molecular weight excluding hydrogens is 230 g/mol. The van der Waals surface area contributed by atoms with E-state index < -0.39 is 0 Å². The van der Waals surface area contributed by atoms with E-state index in [-0.39, 0.29) is 0 Å². The number of nitrogens with zero attached hydrogens (tertiary/aromatic N) is 1. The van der Waals surface area contributed by atoms with Gasteiger partial charge in [-0.15, -0.1) is 0 Å². The quantitative estimate of drug-likeness (QED) is 0.323. The first-order valence-corrected chi connectivity index (χ1v) is 8.74. The van der Waals surface area contributed by atoms with Crippen LogP contribution in [-0.4, -0.2) is 0 Å². The molecule has 0 saturated heterocycles. The van der Waals surface area contributed by atoms with E-state index in [1.165, 1.54) is 77.0 Å². The molecule has 0 atom stereocenters. The Morgan fingerprint density at radius 1 is 0.632 bits per heavy atom. The SMILES string of the molecule is CCCCCCCCC(C#N)CCCCCCCC. The molecular formula is C18H35N. The first kappa shape index (κ1) is 18.5. The molecule has 0 rings (SSSR count). The lowest BCUT2D eigenvalue weighted by atomic mass is 9.95. The van der Waals surface area contributed by atoms with Gasteiger partial charge in [0, 0.05) is 5.92 Å². The first-order chi connectivity index (χ1) is 9.35. The molecule has 1 nitrogen and oxygen atoms in total. The second-order valence-corrected chi connectivity index (χ2v) is 5.94. The van der Waals surface area contributed by atoms with Gasteiger partial charge in [-0.2, -0.15) is 5.26 Å². The fourth-order valence-corrected chi connectivity index (χ4v) is 2.62. The second-order valence-electron chi connectivity index (χ2n) is 5.94. The molecule has 0 aromatic carbocycles. The summed E-state index contributed by atoms with van der Waals surface area (Å²) >= 11 is 0. The van der Waals surface area contributed by atoms with E-state index in [0.29, 0.717) is 5.92 Å². The van der Waals surface area contributed by atoms with Crippen LogP contribution >= 0.6 is 0 Å². The van der Waals surface area contributed by atoms with Gasteiger partial charge in [-0.05, 0) is 12.8 Å². The molecule has 0 N–H and O–H groups in total. The number of nitriles is 1. The predicted molar refractivity (Wildman–Crippen MR) is 85.1 cm³/mol. The lowest BCUT2D eigenvalue weighted by Gasteiger charge is -2.08. The van der Waals surface area contributed by atoms with E-state index in [0.717, 1.165) is 12.8 Å². The molecule has 0 spiro atoms. The summed E-state index contributed by atoms with van der Waals surface area (Å²) in [5.74, 6) is 0.331. The molecule has 1 heteroatoms. The van der Waals surface area contributed by atoms with Crippen LogP contribution in [-0.2, 0) is 0 Å². The highest BCUT2D eigenvalue weighted by molar-refractivity contribution is 4.82. The average molecular weight is 265 g/mol. The predicted octanol–water partition coefficient (Wildman–Crippen LogP) is 6.63. The highest BCUT2D eigenvalue weighted by Crippen LogP contribution is 2.18. The molecule has 0 unspecified atom stereocenters. The maximum absolute atomic E-state index is 9.16. The highest BCUT2D eigenvalue weighted by Gasteiger charge is 2.06. The van der Waals surface area contributed by atoms with Gasteiger partial charge in [-0.1, -0.05) is 90.9 Å². The van der Waals surface area contributed by atoms with E-state index in [2.05, 4.69) is 19.9 Å². The van der Waals surface area contributed by atoms with Crippen LogP contribution in [0.2, 0.25) is 0 Å². The van der Waals surface area contributed by atoms with Crippen molar-refractivity contribution in [1.82, 2.24) is 0 Å². The fourth-order valence-electron chi connectivity index (χ4n) is 2.62. The van der Waals surface area contributed by atoms with Crippen molar-refractivity contribution < 1.29 is 0 Å². The summed E-state index contributed by atoms with van der Waals surface area (Å²) in [6.07, 6.45) is 18.3. The van der Waals surface area contributed by atoms with Crippen LogP contribution in [0.4, 0.5) is 0 Å². The third kappa shape index (κ3) is 13.7. The van der Waals surface area contributed by atoms with Gasteiger partial charge < -0.3 is 0 Å². The first-order valence-electron chi connectivity index (χ1n) is 8.74. The van der Waals surface area contributed by atoms with Crippen LogP contribution in [0, 0.1) is 17.2 Å². The lowest BCUT2D eigenvalue weighted by Crippen LogP contribution is -1.97. The molecule has 0 fully saturated rings.